The first kappa shape index (κ1) is 16.6. The van der Waals surface area contributed by atoms with Crippen LogP contribution in [0.15, 0.2) is 39.7 Å². The standard InChI is InChI=1S/C16H15N5O4S/c22-13(17-16-19-18-15(26-16)12-4-2-8-25-12)9-21-14(23)6-5-10(20-21)11-3-1-7-24-11/h1,3,5-7,12H,2,4,8-9H2,(H,17,19,22)/t12-/m0/s1. The summed E-state index contributed by atoms with van der Waals surface area (Å²) in [6, 6.07) is 6.35. The average molecular weight is 373 g/mol. The maximum absolute atomic E-state index is 12.2. The van der Waals surface area contributed by atoms with Crippen molar-refractivity contribution in [3.8, 4) is 11.5 Å². The zero-order valence-corrected chi connectivity index (χ0v) is 14.4. The maximum atomic E-state index is 12.2. The molecule has 10 heteroatoms. The number of rotatable bonds is 5. The van der Waals surface area contributed by atoms with Gasteiger partial charge in [-0.2, -0.15) is 5.10 Å². The Balaban J connectivity index is 1.45. The second-order valence-corrected chi connectivity index (χ2v) is 6.70. The highest BCUT2D eigenvalue weighted by Crippen LogP contribution is 2.31. The lowest BCUT2D eigenvalue weighted by atomic mass is 10.2. The van der Waals surface area contributed by atoms with Gasteiger partial charge in [-0.1, -0.05) is 11.3 Å². The smallest absolute Gasteiger partial charge is 0.267 e. The van der Waals surface area contributed by atoms with E-state index in [4.69, 9.17) is 9.15 Å². The predicted molar refractivity (Wildman–Crippen MR) is 92.7 cm³/mol. The summed E-state index contributed by atoms with van der Waals surface area (Å²) >= 11 is 1.27. The van der Waals surface area contributed by atoms with Crippen LogP contribution in [0.25, 0.3) is 11.5 Å². The van der Waals surface area contributed by atoms with Crippen molar-refractivity contribution in [1.82, 2.24) is 20.0 Å². The molecule has 9 nitrogen and oxygen atoms in total. The van der Waals surface area contributed by atoms with Gasteiger partial charge >= 0.3 is 0 Å². The van der Waals surface area contributed by atoms with E-state index in [-0.39, 0.29) is 18.2 Å². The van der Waals surface area contributed by atoms with E-state index in [1.165, 1.54) is 23.7 Å². The molecule has 0 unspecified atom stereocenters. The van der Waals surface area contributed by atoms with Gasteiger partial charge in [-0.15, -0.1) is 10.2 Å². The number of carbonyl (C=O) groups is 1. The van der Waals surface area contributed by atoms with Gasteiger partial charge in [0, 0.05) is 12.7 Å². The van der Waals surface area contributed by atoms with E-state index in [9.17, 15) is 9.59 Å². The van der Waals surface area contributed by atoms with Crippen LogP contribution in [0, 0.1) is 0 Å². The van der Waals surface area contributed by atoms with E-state index in [1.54, 1.807) is 18.2 Å². The number of furan rings is 1. The van der Waals surface area contributed by atoms with Crippen LogP contribution in [0.3, 0.4) is 0 Å². The quantitative estimate of drug-likeness (QED) is 0.726. The van der Waals surface area contributed by atoms with E-state index in [0.717, 1.165) is 22.5 Å². The molecule has 1 fully saturated rings. The fourth-order valence-corrected chi connectivity index (χ4v) is 3.44. The van der Waals surface area contributed by atoms with Crippen molar-refractivity contribution in [2.75, 3.05) is 11.9 Å². The second-order valence-electron chi connectivity index (χ2n) is 5.69. The highest BCUT2D eigenvalue weighted by Gasteiger charge is 2.22. The number of ether oxygens (including phenoxy) is 1. The Kier molecular flexibility index (Phi) is 4.59. The Labute approximate surface area is 151 Å². The monoisotopic (exact) mass is 373 g/mol. The van der Waals surface area contributed by atoms with Gasteiger partial charge in [0.15, 0.2) is 5.76 Å². The van der Waals surface area contributed by atoms with Crippen LogP contribution < -0.4 is 10.9 Å². The number of amides is 1. The Morgan fingerprint density at radius 2 is 2.27 bits per heavy atom. The molecule has 1 aliphatic rings. The molecule has 0 radical (unpaired) electrons. The van der Waals surface area contributed by atoms with Crippen LogP contribution in [-0.4, -0.2) is 32.5 Å². The molecule has 3 aromatic rings. The number of anilines is 1. The molecule has 0 aliphatic carbocycles. The van der Waals surface area contributed by atoms with Gasteiger partial charge in [0.1, 0.15) is 23.4 Å². The van der Waals surface area contributed by atoms with Gasteiger partial charge in [-0.25, -0.2) is 4.68 Å². The Bertz CT molecular complexity index is 959. The molecule has 1 amide bonds. The molecular weight excluding hydrogens is 358 g/mol. The summed E-state index contributed by atoms with van der Waals surface area (Å²) in [5, 5.41) is 15.9. The fraction of sp³-hybridized carbons (Fsp3) is 0.312. The summed E-state index contributed by atoms with van der Waals surface area (Å²) in [5.74, 6) is 0.107. The molecule has 0 spiro atoms. The third kappa shape index (κ3) is 3.55. The Morgan fingerprint density at radius 1 is 1.35 bits per heavy atom. The Hall–Kier alpha value is -2.85. The number of nitrogens with one attached hydrogen (secondary N) is 1. The summed E-state index contributed by atoms with van der Waals surface area (Å²) in [4.78, 5) is 24.2. The van der Waals surface area contributed by atoms with E-state index >= 15 is 0 Å². The summed E-state index contributed by atoms with van der Waals surface area (Å²) in [6.45, 7) is 0.481. The highest BCUT2D eigenvalue weighted by molar-refractivity contribution is 7.15. The molecular formula is C16H15N5O4S. The number of carbonyl (C=O) groups excluding carboxylic acids is 1. The van der Waals surface area contributed by atoms with Crippen LogP contribution >= 0.6 is 11.3 Å². The molecule has 0 aromatic carbocycles. The molecule has 1 aliphatic heterocycles. The van der Waals surface area contributed by atoms with Gasteiger partial charge in [-0.3, -0.25) is 14.9 Å². The molecule has 26 heavy (non-hydrogen) atoms. The molecule has 1 saturated heterocycles. The molecule has 1 N–H and O–H groups in total. The van der Waals surface area contributed by atoms with E-state index in [0.29, 0.717) is 23.2 Å². The molecule has 1 atom stereocenters. The van der Waals surface area contributed by atoms with Crippen molar-refractivity contribution in [2.45, 2.75) is 25.5 Å². The average Bonchev–Trinajstić information content (AvgIpc) is 3.39. The molecule has 0 saturated carbocycles. The summed E-state index contributed by atoms with van der Waals surface area (Å²) < 4.78 is 11.9. The van der Waals surface area contributed by atoms with Crippen LogP contribution in [0.4, 0.5) is 5.13 Å². The lowest BCUT2D eigenvalue weighted by molar-refractivity contribution is -0.117. The zero-order chi connectivity index (χ0) is 17.9. The van der Waals surface area contributed by atoms with Crippen molar-refractivity contribution >= 4 is 22.4 Å². The number of hydrogen-bond donors (Lipinski definition) is 1. The van der Waals surface area contributed by atoms with Gasteiger partial charge in [0.05, 0.1) is 6.26 Å². The predicted octanol–water partition coefficient (Wildman–Crippen LogP) is 1.84. The molecule has 134 valence electrons. The molecule has 3 aromatic heterocycles. The third-order valence-electron chi connectivity index (χ3n) is 3.83. The largest absolute Gasteiger partial charge is 0.463 e. The second kappa shape index (κ2) is 7.18. The maximum Gasteiger partial charge on any atom is 0.267 e. The minimum Gasteiger partial charge on any atom is -0.463 e. The SMILES string of the molecule is O=C(Cn1nc(-c2ccco2)ccc1=O)Nc1nnc([C@@H]2CCCO2)s1. The van der Waals surface area contributed by atoms with Crippen LogP contribution in [0.1, 0.15) is 24.0 Å². The van der Waals surface area contributed by atoms with E-state index < -0.39 is 5.91 Å². The van der Waals surface area contributed by atoms with Crippen molar-refractivity contribution in [3.05, 3.63) is 45.9 Å². The fourth-order valence-electron chi connectivity index (χ4n) is 2.60. The summed E-state index contributed by atoms with van der Waals surface area (Å²) in [6.07, 6.45) is 3.36. The van der Waals surface area contributed by atoms with Gasteiger partial charge in [0.25, 0.3) is 5.56 Å². The van der Waals surface area contributed by atoms with Crippen LogP contribution in [-0.2, 0) is 16.1 Å². The molecule has 4 rings (SSSR count). The first-order chi connectivity index (χ1) is 12.7. The normalized spacial score (nSPS) is 16.7. The Morgan fingerprint density at radius 3 is 3.04 bits per heavy atom. The number of hydrogen-bond acceptors (Lipinski definition) is 8. The van der Waals surface area contributed by atoms with Crippen molar-refractivity contribution in [2.24, 2.45) is 0 Å². The van der Waals surface area contributed by atoms with E-state index in [1.807, 2.05) is 0 Å². The molecule has 0 bridgehead atoms. The topological polar surface area (TPSA) is 112 Å². The van der Waals surface area contributed by atoms with Crippen molar-refractivity contribution in [1.29, 1.82) is 0 Å². The van der Waals surface area contributed by atoms with Gasteiger partial charge < -0.3 is 9.15 Å². The van der Waals surface area contributed by atoms with E-state index in [2.05, 4.69) is 20.6 Å². The highest BCUT2D eigenvalue weighted by atomic mass is 32.1. The first-order valence-electron chi connectivity index (χ1n) is 8.06. The van der Waals surface area contributed by atoms with Gasteiger partial charge in [0.2, 0.25) is 11.0 Å². The molecule has 4 heterocycles. The summed E-state index contributed by atoms with van der Waals surface area (Å²) in [5.41, 5.74) is 0.0896. The van der Waals surface area contributed by atoms with Gasteiger partial charge in [-0.05, 0) is 31.0 Å². The van der Waals surface area contributed by atoms with Crippen molar-refractivity contribution < 1.29 is 13.9 Å². The zero-order valence-electron chi connectivity index (χ0n) is 13.6. The van der Waals surface area contributed by atoms with Crippen molar-refractivity contribution in [3.63, 3.8) is 0 Å². The lowest BCUT2D eigenvalue weighted by Gasteiger charge is -2.05. The first-order valence-corrected chi connectivity index (χ1v) is 8.87. The summed E-state index contributed by atoms with van der Waals surface area (Å²) in [7, 11) is 0. The number of aromatic nitrogens is 4. The van der Waals surface area contributed by atoms with Crippen LogP contribution in [0.5, 0.6) is 0 Å². The minimum atomic E-state index is -0.411. The lowest BCUT2D eigenvalue weighted by Crippen LogP contribution is -2.29. The minimum absolute atomic E-state index is 0.0487. The van der Waals surface area contributed by atoms with Crippen LogP contribution in [0.2, 0.25) is 0 Å². The number of nitrogens with zero attached hydrogens (tertiary/aromatic N) is 4. The third-order valence-corrected chi connectivity index (χ3v) is 4.76.